The lowest BCUT2D eigenvalue weighted by molar-refractivity contribution is -0.192. The molecular formula is C26H24F7N3O4. The van der Waals surface area contributed by atoms with Crippen LogP contribution in [0.1, 0.15) is 44.7 Å². The molecule has 2 atom stereocenters. The van der Waals surface area contributed by atoms with Crippen LogP contribution in [0, 0.1) is 23.1 Å². The van der Waals surface area contributed by atoms with Gasteiger partial charge in [-0.2, -0.15) is 31.6 Å². The van der Waals surface area contributed by atoms with Crippen LogP contribution in [0.15, 0.2) is 40.8 Å². The number of alkyl halides is 6. The highest BCUT2D eigenvalue weighted by Gasteiger charge is 2.47. The van der Waals surface area contributed by atoms with Gasteiger partial charge in [-0.1, -0.05) is 26.0 Å². The Morgan fingerprint density at radius 2 is 1.68 bits per heavy atom. The highest BCUT2D eigenvalue weighted by molar-refractivity contribution is 6.05. The fraction of sp³-hybridized carbons (Fsp3) is 0.423. The molecule has 0 bridgehead atoms. The monoisotopic (exact) mass is 575 g/mol. The summed E-state index contributed by atoms with van der Waals surface area (Å²) in [7, 11) is 0. The molecule has 1 fully saturated rings. The van der Waals surface area contributed by atoms with Crippen LogP contribution in [0.3, 0.4) is 0 Å². The zero-order chi connectivity index (χ0) is 30.0. The SMILES string of the molecule is CC(C)C[C@H](N[C@@H](c1ccc2c(c1)oc1ccc(F)cc12)C(F)(F)F)C(=O)NC1(C#N)CC1.O=C(O)C(F)(F)F. The van der Waals surface area contributed by atoms with Crippen molar-refractivity contribution >= 4 is 33.8 Å². The number of carbonyl (C=O) groups excluding carboxylic acids is 1. The van der Waals surface area contributed by atoms with Crippen LogP contribution < -0.4 is 10.6 Å². The van der Waals surface area contributed by atoms with Gasteiger partial charge >= 0.3 is 18.3 Å². The summed E-state index contributed by atoms with van der Waals surface area (Å²) in [5, 5.41) is 22.4. The van der Waals surface area contributed by atoms with Gasteiger partial charge in [0.1, 0.15) is 28.6 Å². The first-order valence-electron chi connectivity index (χ1n) is 11.9. The van der Waals surface area contributed by atoms with E-state index >= 15 is 0 Å². The molecule has 1 aromatic heterocycles. The molecule has 0 spiro atoms. The Balaban J connectivity index is 0.000000559. The van der Waals surface area contributed by atoms with E-state index in [4.69, 9.17) is 14.3 Å². The first kappa shape index (κ1) is 30.7. The minimum atomic E-state index is -5.08. The number of nitriles is 1. The third kappa shape index (κ3) is 7.41. The highest BCUT2D eigenvalue weighted by Crippen LogP contribution is 2.38. The van der Waals surface area contributed by atoms with Crippen LogP contribution in [-0.2, 0) is 9.59 Å². The van der Waals surface area contributed by atoms with Crippen LogP contribution in [0.5, 0.6) is 0 Å². The summed E-state index contributed by atoms with van der Waals surface area (Å²) in [6, 6.07) is 6.67. The van der Waals surface area contributed by atoms with E-state index < -0.39 is 47.7 Å². The molecule has 40 heavy (non-hydrogen) atoms. The number of aliphatic carboxylic acids is 1. The predicted octanol–water partition coefficient (Wildman–Crippen LogP) is 6.14. The number of amides is 1. The minimum absolute atomic E-state index is 0.0629. The van der Waals surface area contributed by atoms with E-state index in [0.29, 0.717) is 29.2 Å². The van der Waals surface area contributed by atoms with E-state index in [2.05, 4.69) is 10.6 Å². The average molecular weight is 575 g/mol. The van der Waals surface area contributed by atoms with E-state index in [1.165, 1.54) is 36.4 Å². The third-order valence-corrected chi connectivity index (χ3v) is 6.08. The van der Waals surface area contributed by atoms with Gasteiger partial charge in [0, 0.05) is 10.8 Å². The lowest BCUT2D eigenvalue weighted by Crippen LogP contribution is -2.52. The summed E-state index contributed by atoms with van der Waals surface area (Å²) in [5.41, 5.74) is -0.555. The summed E-state index contributed by atoms with van der Waals surface area (Å²) in [6.07, 6.45) is -8.66. The van der Waals surface area contributed by atoms with Gasteiger partial charge in [0.15, 0.2) is 0 Å². The van der Waals surface area contributed by atoms with Crippen molar-refractivity contribution < 1.29 is 49.8 Å². The molecule has 1 saturated carbocycles. The fourth-order valence-corrected chi connectivity index (χ4v) is 3.96. The number of fused-ring (bicyclic) bond motifs is 3. The van der Waals surface area contributed by atoms with E-state index in [9.17, 15) is 40.8 Å². The molecule has 1 aliphatic carbocycles. The van der Waals surface area contributed by atoms with Gasteiger partial charge in [0.25, 0.3) is 0 Å². The van der Waals surface area contributed by atoms with Crippen LogP contribution in [0.4, 0.5) is 30.7 Å². The standard InChI is InChI=1S/C24H23F4N3O2.C2HF3O2/c1-13(2)9-18(22(32)31-23(12-29)7-8-23)30-21(24(26,27)28)14-3-5-16-17-11-15(25)4-6-19(17)33-20(16)10-14;3-2(4,5)1(6)7/h3-6,10-11,13,18,21,30H,7-9H2,1-2H3,(H,31,32);(H,6,7)/t18-,21-;/m0./s1. The van der Waals surface area contributed by atoms with Gasteiger partial charge in [0.2, 0.25) is 5.91 Å². The van der Waals surface area contributed by atoms with Gasteiger partial charge in [-0.05, 0) is 55.0 Å². The van der Waals surface area contributed by atoms with Gasteiger partial charge in [-0.25, -0.2) is 9.18 Å². The fourth-order valence-electron chi connectivity index (χ4n) is 3.96. The Bertz CT molecular complexity index is 1440. The number of carbonyl (C=O) groups is 2. The summed E-state index contributed by atoms with van der Waals surface area (Å²) in [5.74, 6) is -3.92. The van der Waals surface area contributed by atoms with Gasteiger partial charge in [-0.15, -0.1) is 0 Å². The second-order valence-electron chi connectivity index (χ2n) is 9.81. The number of rotatable bonds is 7. The number of nitrogens with zero attached hydrogens (tertiary/aromatic N) is 1. The molecule has 0 aliphatic heterocycles. The third-order valence-electron chi connectivity index (χ3n) is 6.08. The normalized spacial score (nSPS) is 16.1. The zero-order valence-electron chi connectivity index (χ0n) is 21.1. The van der Waals surface area contributed by atoms with Gasteiger partial charge in [-0.3, -0.25) is 10.1 Å². The predicted molar refractivity (Wildman–Crippen MR) is 128 cm³/mol. The molecule has 1 amide bonds. The van der Waals surface area contributed by atoms with Crippen LogP contribution in [0.2, 0.25) is 0 Å². The maximum atomic E-state index is 14.1. The zero-order valence-corrected chi connectivity index (χ0v) is 21.1. The molecule has 2 aromatic carbocycles. The van der Waals surface area contributed by atoms with Gasteiger partial charge in [0.05, 0.1) is 12.1 Å². The van der Waals surface area contributed by atoms with Crippen LogP contribution >= 0.6 is 0 Å². The topological polar surface area (TPSA) is 115 Å². The van der Waals surface area contributed by atoms with Crippen molar-refractivity contribution in [2.45, 2.75) is 63.1 Å². The number of carboxylic acid groups (broad SMARTS) is 1. The highest BCUT2D eigenvalue weighted by atomic mass is 19.4. The summed E-state index contributed by atoms with van der Waals surface area (Å²) in [4.78, 5) is 21.7. The lowest BCUT2D eigenvalue weighted by atomic mass is 9.98. The molecule has 216 valence electrons. The van der Waals surface area contributed by atoms with Crippen molar-refractivity contribution in [3.05, 3.63) is 47.8 Å². The number of carboxylic acids is 1. The van der Waals surface area contributed by atoms with E-state index in [0.717, 1.165) is 0 Å². The Labute approximate surface area is 222 Å². The Hall–Kier alpha value is -3.86. The van der Waals surface area contributed by atoms with Crippen molar-refractivity contribution in [1.29, 1.82) is 5.26 Å². The van der Waals surface area contributed by atoms with Crippen molar-refractivity contribution in [3.63, 3.8) is 0 Å². The molecule has 0 saturated heterocycles. The number of furan rings is 1. The lowest BCUT2D eigenvalue weighted by Gasteiger charge is -2.29. The number of halogens is 7. The molecule has 3 aromatic rings. The first-order chi connectivity index (χ1) is 18.5. The number of hydrogen-bond donors (Lipinski definition) is 3. The maximum Gasteiger partial charge on any atom is 0.490 e. The first-order valence-corrected chi connectivity index (χ1v) is 11.9. The molecule has 0 radical (unpaired) electrons. The summed E-state index contributed by atoms with van der Waals surface area (Å²) in [6.45, 7) is 3.61. The Morgan fingerprint density at radius 3 is 2.17 bits per heavy atom. The second-order valence-corrected chi connectivity index (χ2v) is 9.81. The molecule has 1 aliphatic rings. The molecule has 0 unspecified atom stereocenters. The van der Waals surface area contributed by atoms with Crippen LogP contribution in [0.25, 0.3) is 21.9 Å². The van der Waals surface area contributed by atoms with Crippen molar-refractivity contribution in [2.75, 3.05) is 0 Å². The van der Waals surface area contributed by atoms with Gasteiger partial charge < -0.3 is 14.8 Å². The quantitative estimate of drug-likeness (QED) is 0.292. The molecule has 14 heteroatoms. The molecule has 3 N–H and O–H groups in total. The van der Waals surface area contributed by atoms with Crippen molar-refractivity contribution in [3.8, 4) is 6.07 Å². The molecule has 4 rings (SSSR count). The second kappa shape index (κ2) is 11.3. The number of benzene rings is 2. The summed E-state index contributed by atoms with van der Waals surface area (Å²) < 4.78 is 93.3. The number of nitrogens with one attached hydrogen (secondary N) is 2. The largest absolute Gasteiger partial charge is 0.490 e. The molecule has 1 heterocycles. The van der Waals surface area contributed by atoms with Crippen molar-refractivity contribution in [1.82, 2.24) is 10.6 Å². The smallest absolute Gasteiger partial charge is 0.475 e. The maximum absolute atomic E-state index is 14.1. The minimum Gasteiger partial charge on any atom is -0.475 e. The van der Waals surface area contributed by atoms with E-state index in [1.807, 2.05) is 6.07 Å². The Kier molecular flexibility index (Phi) is 8.69. The molecule has 7 nitrogen and oxygen atoms in total. The van der Waals surface area contributed by atoms with E-state index in [-0.39, 0.29) is 23.5 Å². The van der Waals surface area contributed by atoms with E-state index in [1.54, 1.807) is 13.8 Å². The number of hydrogen-bond acceptors (Lipinski definition) is 5. The van der Waals surface area contributed by atoms with Crippen LogP contribution in [-0.4, -0.2) is 40.9 Å². The Morgan fingerprint density at radius 1 is 1.05 bits per heavy atom. The molecular weight excluding hydrogens is 551 g/mol. The average Bonchev–Trinajstić information content (AvgIpc) is 3.52. The van der Waals surface area contributed by atoms with Crippen molar-refractivity contribution in [2.24, 2.45) is 5.92 Å². The summed E-state index contributed by atoms with van der Waals surface area (Å²) >= 11 is 0.